The molecule has 0 atom stereocenters. The van der Waals surface area contributed by atoms with E-state index in [0.717, 1.165) is 42.3 Å². The lowest BCUT2D eigenvalue weighted by Gasteiger charge is -2.09. The number of hydrogen-bond acceptors (Lipinski definition) is 4. The van der Waals surface area contributed by atoms with Crippen molar-refractivity contribution in [2.45, 2.75) is 19.3 Å². The van der Waals surface area contributed by atoms with Crippen LogP contribution in [0.25, 0.3) is 0 Å². The highest BCUT2D eigenvalue weighted by Gasteiger charge is 2.09. The fourth-order valence-electron chi connectivity index (χ4n) is 2.31. The topological polar surface area (TPSA) is 58.3 Å². The molecule has 25 heavy (non-hydrogen) atoms. The third-order valence-electron chi connectivity index (χ3n) is 3.57. The Kier molecular flexibility index (Phi) is 5.19. The van der Waals surface area contributed by atoms with Crippen molar-refractivity contribution in [1.82, 2.24) is 4.98 Å². The van der Waals surface area contributed by atoms with Gasteiger partial charge in [0.2, 0.25) is 0 Å². The maximum absolute atomic E-state index is 13.6. The molecule has 1 aromatic carbocycles. The van der Waals surface area contributed by atoms with Crippen molar-refractivity contribution in [3.8, 4) is 23.7 Å². The van der Waals surface area contributed by atoms with Crippen LogP contribution in [0.3, 0.4) is 0 Å². The maximum atomic E-state index is 13.6. The van der Waals surface area contributed by atoms with Crippen LogP contribution < -0.4 is 4.84 Å². The molecular formula is C20H14FN3O. The normalized spacial score (nSPS) is 14.9. The minimum absolute atomic E-state index is 0.0235. The van der Waals surface area contributed by atoms with Gasteiger partial charge in [-0.15, -0.1) is 0 Å². The van der Waals surface area contributed by atoms with E-state index in [2.05, 4.69) is 22.0 Å². The Labute approximate surface area is 145 Å². The van der Waals surface area contributed by atoms with E-state index in [9.17, 15) is 4.39 Å². The number of nitrogens with zero attached hydrogens (tertiary/aromatic N) is 3. The first-order valence-corrected chi connectivity index (χ1v) is 7.82. The predicted molar refractivity (Wildman–Crippen MR) is 92.2 cm³/mol. The molecule has 0 spiro atoms. The molecule has 0 saturated carbocycles. The quantitative estimate of drug-likeness (QED) is 0.617. The van der Waals surface area contributed by atoms with Crippen LogP contribution in [-0.2, 0) is 0 Å². The number of pyridine rings is 1. The number of halogens is 1. The smallest absolute Gasteiger partial charge is 0.160 e. The summed E-state index contributed by atoms with van der Waals surface area (Å²) in [6.07, 6.45) is 6.17. The number of benzene rings is 1. The van der Waals surface area contributed by atoms with Gasteiger partial charge in [-0.3, -0.25) is 0 Å². The molecule has 0 fully saturated rings. The lowest BCUT2D eigenvalue weighted by atomic mass is 9.98. The molecule has 1 aromatic heterocycles. The number of hydrogen-bond donors (Lipinski definition) is 0. The highest BCUT2D eigenvalue weighted by atomic mass is 19.1. The van der Waals surface area contributed by atoms with E-state index >= 15 is 0 Å². The molecule has 1 aliphatic carbocycles. The van der Waals surface area contributed by atoms with Gasteiger partial charge in [0.15, 0.2) is 5.75 Å². The summed E-state index contributed by atoms with van der Waals surface area (Å²) in [4.78, 5) is 9.44. The van der Waals surface area contributed by atoms with E-state index in [1.807, 2.05) is 24.3 Å². The standard InChI is InChI=1S/C20H14FN3O/c21-20-13-19(10-8-16(20)14-22)25-24-18-6-3-4-15(12-18)7-9-17-5-1-2-11-23-17/h1-2,5,8,10-13H,3-4,6H2/b24-18-. The number of nitriles is 1. The van der Waals surface area contributed by atoms with Crippen LogP contribution in [0.2, 0.25) is 0 Å². The number of aromatic nitrogens is 1. The van der Waals surface area contributed by atoms with Gasteiger partial charge >= 0.3 is 0 Å². The Morgan fingerprint density at radius 2 is 2.08 bits per heavy atom. The molecule has 0 bridgehead atoms. The Hall–Kier alpha value is -3.44. The van der Waals surface area contributed by atoms with Crippen LogP contribution in [0.4, 0.5) is 4.39 Å². The van der Waals surface area contributed by atoms with Crippen LogP contribution in [0.1, 0.15) is 30.5 Å². The fourth-order valence-corrected chi connectivity index (χ4v) is 2.31. The molecule has 5 heteroatoms. The van der Waals surface area contributed by atoms with Crippen molar-refractivity contribution >= 4 is 5.71 Å². The van der Waals surface area contributed by atoms with Gasteiger partial charge in [0, 0.05) is 17.8 Å². The summed E-state index contributed by atoms with van der Waals surface area (Å²) in [5.41, 5.74) is 2.41. The Morgan fingerprint density at radius 1 is 1.16 bits per heavy atom. The molecule has 0 aliphatic heterocycles. The summed E-state index contributed by atoms with van der Waals surface area (Å²) in [5.74, 6) is 5.76. The van der Waals surface area contributed by atoms with Gasteiger partial charge in [0.1, 0.15) is 17.6 Å². The molecule has 3 rings (SSSR count). The molecule has 0 unspecified atom stereocenters. The van der Waals surface area contributed by atoms with Gasteiger partial charge in [0.25, 0.3) is 0 Å². The number of oxime groups is 1. The molecule has 0 radical (unpaired) electrons. The minimum Gasteiger partial charge on any atom is -0.357 e. The van der Waals surface area contributed by atoms with Crippen LogP contribution in [0.15, 0.2) is 59.4 Å². The third kappa shape index (κ3) is 4.53. The van der Waals surface area contributed by atoms with Crippen molar-refractivity contribution < 1.29 is 9.23 Å². The molecular weight excluding hydrogens is 317 g/mol. The molecule has 0 N–H and O–H groups in total. The van der Waals surface area contributed by atoms with E-state index in [0.29, 0.717) is 0 Å². The molecule has 0 saturated heterocycles. The molecule has 1 heterocycles. The summed E-state index contributed by atoms with van der Waals surface area (Å²) in [5, 5.41) is 12.8. The maximum Gasteiger partial charge on any atom is 0.160 e. The zero-order valence-electron chi connectivity index (χ0n) is 13.4. The van der Waals surface area contributed by atoms with E-state index in [1.54, 1.807) is 12.3 Å². The van der Waals surface area contributed by atoms with Crippen LogP contribution in [0, 0.1) is 29.0 Å². The van der Waals surface area contributed by atoms with Crippen molar-refractivity contribution in [2.75, 3.05) is 0 Å². The van der Waals surface area contributed by atoms with Crippen LogP contribution >= 0.6 is 0 Å². The average Bonchev–Trinajstić information content (AvgIpc) is 2.66. The first-order chi connectivity index (χ1) is 12.2. The zero-order valence-corrected chi connectivity index (χ0v) is 13.4. The van der Waals surface area contributed by atoms with E-state index in [4.69, 9.17) is 10.1 Å². The Morgan fingerprint density at radius 3 is 2.84 bits per heavy atom. The van der Waals surface area contributed by atoms with Gasteiger partial charge in [-0.2, -0.15) is 5.26 Å². The van der Waals surface area contributed by atoms with Crippen molar-refractivity contribution in [1.29, 1.82) is 5.26 Å². The SMILES string of the molecule is N#Cc1ccc(O/N=C2\C=C(C#Cc3ccccn3)CCC2)cc1F. The van der Waals surface area contributed by atoms with Gasteiger partial charge in [0.05, 0.1) is 11.3 Å². The third-order valence-corrected chi connectivity index (χ3v) is 3.57. The second-order valence-electron chi connectivity index (χ2n) is 5.42. The van der Waals surface area contributed by atoms with Gasteiger partial charge in [-0.1, -0.05) is 17.1 Å². The highest BCUT2D eigenvalue weighted by molar-refractivity contribution is 5.96. The van der Waals surface area contributed by atoms with E-state index in [1.165, 1.54) is 12.1 Å². The summed E-state index contributed by atoms with van der Waals surface area (Å²) in [7, 11) is 0. The number of allylic oxidation sites excluding steroid dienone is 2. The van der Waals surface area contributed by atoms with Gasteiger partial charge < -0.3 is 4.84 Å². The number of rotatable bonds is 2. The zero-order chi connectivity index (χ0) is 17.5. The lowest BCUT2D eigenvalue weighted by Crippen LogP contribution is -2.04. The van der Waals surface area contributed by atoms with Gasteiger partial charge in [-0.05, 0) is 55.5 Å². The molecule has 1 aliphatic rings. The monoisotopic (exact) mass is 331 g/mol. The molecule has 0 amide bonds. The molecule has 4 nitrogen and oxygen atoms in total. The highest BCUT2D eigenvalue weighted by Crippen LogP contribution is 2.19. The van der Waals surface area contributed by atoms with E-state index < -0.39 is 5.82 Å². The van der Waals surface area contributed by atoms with Crippen molar-refractivity contribution in [2.24, 2.45) is 5.16 Å². The van der Waals surface area contributed by atoms with E-state index in [-0.39, 0.29) is 11.3 Å². The van der Waals surface area contributed by atoms with Crippen LogP contribution in [0.5, 0.6) is 5.75 Å². The Balaban J connectivity index is 1.72. The Bertz CT molecular complexity index is 931. The summed E-state index contributed by atoms with van der Waals surface area (Å²) in [6.45, 7) is 0. The molecule has 122 valence electrons. The van der Waals surface area contributed by atoms with Crippen molar-refractivity contribution in [3.05, 3.63) is 71.3 Å². The predicted octanol–water partition coefficient (Wildman–Crippen LogP) is 3.99. The second-order valence-corrected chi connectivity index (χ2v) is 5.42. The summed E-state index contributed by atoms with van der Waals surface area (Å²) in [6, 6.07) is 11.4. The fraction of sp³-hybridized carbons (Fsp3) is 0.150. The largest absolute Gasteiger partial charge is 0.357 e. The van der Waals surface area contributed by atoms with Crippen molar-refractivity contribution in [3.63, 3.8) is 0 Å². The summed E-state index contributed by atoms with van der Waals surface area (Å²) < 4.78 is 13.6. The second kappa shape index (κ2) is 7.90. The molecule has 2 aromatic rings. The summed E-state index contributed by atoms with van der Waals surface area (Å²) >= 11 is 0. The van der Waals surface area contributed by atoms with Gasteiger partial charge in [-0.25, -0.2) is 9.37 Å². The lowest BCUT2D eigenvalue weighted by molar-refractivity contribution is 0.338. The first kappa shape index (κ1) is 16.4. The van der Waals surface area contributed by atoms with Crippen LogP contribution in [-0.4, -0.2) is 10.7 Å². The average molecular weight is 331 g/mol. The minimum atomic E-state index is -0.624. The first-order valence-electron chi connectivity index (χ1n) is 7.82.